The number of piperidine rings is 1. The Morgan fingerprint density at radius 1 is 1.04 bits per heavy atom. The minimum atomic E-state index is -4.70. The lowest BCUT2D eigenvalue weighted by Gasteiger charge is -2.41. The first-order valence-electron chi connectivity index (χ1n) is 14.3. The number of carbonyl (C=O) groups excluding carboxylic acids is 3. The number of amides is 3. The Kier molecular flexibility index (Phi) is 10.1. The van der Waals surface area contributed by atoms with Crippen LogP contribution in [-0.4, -0.2) is 59.5 Å². The van der Waals surface area contributed by atoms with Crippen molar-refractivity contribution in [2.24, 2.45) is 10.7 Å². The Morgan fingerprint density at radius 3 is 2.28 bits per heavy atom. The molecule has 46 heavy (non-hydrogen) atoms. The molecule has 0 bridgehead atoms. The highest BCUT2D eigenvalue weighted by Crippen LogP contribution is 2.38. The van der Waals surface area contributed by atoms with Gasteiger partial charge in [0.2, 0.25) is 5.91 Å². The standard InChI is InChI=1S/C34H33F4N5O3/c1-5-43-30(40-25-12-7-6-8-13-25)28(26(39)19-42(4)32(45)20(2)3)27(21-14-16-24(35)17-15-21)29(33(43)46)41-31(44)22-10-9-11-23(18-22)34(36,37)38/h6-18,27,29H,2,5,19,39H2,1,3-4H3,(H,41,44)/b28-26-,40-30?. The molecule has 1 aliphatic rings. The topological polar surface area (TPSA) is 108 Å². The number of nitrogens with one attached hydrogen (secondary N) is 1. The number of aliphatic imine (C=N–C) groups is 1. The smallest absolute Gasteiger partial charge is 0.400 e. The molecule has 2 unspecified atom stereocenters. The van der Waals surface area contributed by atoms with E-state index < -0.39 is 47.2 Å². The molecule has 240 valence electrons. The van der Waals surface area contributed by atoms with E-state index >= 15 is 0 Å². The molecule has 3 amide bonds. The van der Waals surface area contributed by atoms with Gasteiger partial charge in [-0.1, -0.05) is 43.0 Å². The van der Waals surface area contributed by atoms with Crippen LogP contribution >= 0.6 is 0 Å². The third-order valence-corrected chi connectivity index (χ3v) is 7.41. The monoisotopic (exact) mass is 635 g/mol. The lowest BCUT2D eigenvalue weighted by molar-refractivity contribution is -0.137. The maximum absolute atomic E-state index is 14.2. The number of carbonyl (C=O) groups is 3. The van der Waals surface area contributed by atoms with Crippen molar-refractivity contribution in [3.63, 3.8) is 0 Å². The van der Waals surface area contributed by atoms with Crippen molar-refractivity contribution in [3.05, 3.63) is 125 Å². The van der Waals surface area contributed by atoms with Gasteiger partial charge >= 0.3 is 6.18 Å². The highest BCUT2D eigenvalue weighted by Gasteiger charge is 2.46. The summed E-state index contributed by atoms with van der Waals surface area (Å²) in [5.74, 6) is -3.45. The molecule has 0 radical (unpaired) electrons. The first-order chi connectivity index (χ1) is 21.7. The molecule has 1 saturated heterocycles. The fraction of sp³-hybridized carbons (Fsp3) is 0.235. The molecule has 8 nitrogen and oxygen atoms in total. The summed E-state index contributed by atoms with van der Waals surface area (Å²) in [6.07, 6.45) is -4.70. The van der Waals surface area contributed by atoms with E-state index in [1.807, 2.05) is 0 Å². The maximum atomic E-state index is 14.2. The Morgan fingerprint density at radius 2 is 1.70 bits per heavy atom. The summed E-state index contributed by atoms with van der Waals surface area (Å²) < 4.78 is 54.5. The van der Waals surface area contributed by atoms with E-state index in [2.05, 4.69) is 11.9 Å². The first kappa shape index (κ1) is 33.6. The molecule has 1 fully saturated rings. The van der Waals surface area contributed by atoms with Crippen LogP contribution in [0.25, 0.3) is 0 Å². The summed E-state index contributed by atoms with van der Waals surface area (Å²) in [4.78, 5) is 47.9. The summed E-state index contributed by atoms with van der Waals surface area (Å²) in [6.45, 7) is 6.87. The van der Waals surface area contributed by atoms with Gasteiger partial charge in [-0.2, -0.15) is 13.2 Å². The van der Waals surface area contributed by atoms with E-state index in [0.717, 1.165) is 12.1 Å². The third-order valence-electron chi connectivity index (χ3n) is 7.41. The minimum absolute atomic E-state index is 0.0773. The van der Waals surface area contributed by atoms with Crippen LogP contribution in [0.3, 0.4) is 0 Å². The number of nitrogens with two attached hydrogens (primary N) is 1. The van der Waals surface area contributed by atoms with Crippen LogP contribution in [0.1, 0.15) is 41.3 Å². The van der Waals surface area contributed by atoms with Gasteiger partial charge in [-0.3, -0.25) is 19.3 Å². The van der Waals surface area contributed by atoms with E-state index in [9.17, 15) is 31.9 Å². The van der Waals surface area contributed by atoms with E-state index in [4.69, 9.17) is 10.7 Å². The molecule has 3 aromatic carbocycles. The van der Waals surface area contributed by atoms with Crippen LogP contribution in [-0.2, 0) is 15.8 Å². The summed E-state index contributed by atoms with van der Waals surface area (Å²) in [5, 5.41) is 2.62. The second-order valence-electron chi connectivity index (χ2n) is 10.8. The number of benzene rings is 3. The summed E-state index contributed by atoms with van der Waals surface area (Å²) in [6, 6.07) is 16.3. The number of hydrogen-bond acceptors (Lipinski definition) is 5. The average molecular weight is 636 g/mol. The molecule has 3 N–H and O–H groups in total. The quantitative estimate of drug-likeness (QED) is 0.250. The Hall–Kier alpha value is -5.26. The van der Waals surface area contributed by atoms with Crippen LogP contribution < -0.4 is 11.1 Å². The number of alkyl halides is 3. The summed E-state index contributed by atoms with van der Waals surface area (Å²) in [7, 11) is 1.52. The molecule has 1 heterocycles. The normalized spacial score (nSPS) is 18.7. The van der Waals surface area contributed by atoms with Crippen molar-refractivity contribution in [2.75, 3.05) is 20.1 Å². The Bertz CT molecular complexity index is 1700. The van der Waals surface area contributed by atoms with Crippen LogP contribution in [0.4, 0.5) is 23.2 Å². The van der Waals surface area contributed by atoms with Crippen molar-refractivity contribution < 1.29 is 31.9 Å². The molecule has 0 spiro atoms. The highest BCUT2D eigenvalue weighted by molar-refractivity contribution is 6.16. The molecule has 12 heteroatoms. The van der Waals surface area contributed by atoms with E-state index in [1.54, 1.807) is 44.2 Å². The largest absolute Gasteiger partial charge is 0.416 e. The lowest BCUT2D eigenvalue weighted by atomic mass is 9.78. The van der Waals surface area contributed by atoms with Crippen molar-refractivity contribution in [1.82, 2.24) is 15.1 Å². The van der Waals surface area contributed by atoms with Crippen molar-refractivity contribution in [2.45, 2.75) is 32.0 Å². The first-order valence-corrected chi connectivity index (χ1v) is 14.3. The van der Waals surface area contributed by atoms with Gasteiger partial charge in [-0.05, 0) is 61.9 Å². The van der Waals surface area contributed by atoms with Crippen LogP contribution in [0.2, 0.25) is 0 Å². The predicted molar refractivity (Wildman–Crippen MR) is 166 cm³/mol. The maximum Gasteiger partial charge on any atom is 0.416 e. The lowest BCUT2D eigenvalue weighted by Crippen LogP contribution is -2.59. The number of likely N-dealkylation sites (tertiary alicyclic amines) is 1. The van der Waals surface area contributed by atoms with Crippen molar-refractivity contribution in [3.8, 4) is 0 Å². The number of nitrogens with zero attached hydrogens (tertiary/aromatic N) is 3. The van der Waals surface area contributed by atoms with Gasteiger partial charge < -0.3 is 16.0 Å². The van der Waals surface area contributed by atoms with Crippen LogP contribution in [0.5, 0.6) is 0 Å². The van der Waals surface area contributed by atoms with Crippen molar-refractivity contribution >= 4 is 29.2 Å². The fourth-order valence-corrected chi connectivity index (χ4v) is 5.23. The summed E-state index contributed by atoms with van der Waals surface area (Å²) in [5.41, 5.74) is 6.88. The second kappa shape index (κ2) is 13.8. The SMILES string of the molecule is C=C(C)C(=O)N(C)C/C(N)=C1/C(=Nc2ccccc2)N(CC)C(=O)C(NC(=O)c2cccc(C(F)(F)F)c2)C1c1ccc(F)cc1. The van der Waals surface area contributed by atoms with Gasteiger partial charge in [-0.25, -0.2) is 9.38 Å². The number of rotatable bonds is 8. The molecule has 0 aliphatic carbocycles. The number of amidine groups is 1. The fourth-order valence-electron chi connectivity index (χ4n) is 5.23. The van der Waals surface area contributed by atoms with Gasteiger partial charge in [0.15, 0.2) is 0 Å². The molecule has 0 aromatic heterocycles. The minimum Gasteiger partial charge on any atom is -0.400 e. The number of hydrogen-bond donors (Lipinski definition) is 2. The van der Waals surface area contributed by atoms with E-state index in [-0.39, 0.29) is 41.3 Å². The number of halogens is 4. The van der Waals surface area contributed by atoms with E-state index in [0.29, 0.717) is 17.3 Å². The number of likely N-dealkylation sites (N-methyl/N-ethyl adjacent to an activating group) is 2. The zero-order valence-corrected chi connectivity index (χ0v) is 25.4. The zero-order chi connectivity index (χ0) is 33.8. The molecule has 0 saturated carbocycles. The molecule has 4 rings (SSSR count). The van der Waals surface area contributed by atoms with E-state index in [1.165, 1.54) is 47.2 Å². The Labute approximate surface area is 263 Å². The van der Waals surface area contributed by atoms with Crippen LogP contribution in [0, 0.1) is 5.82 Å². The van der Waals surface area contributed by atoms with Gasteiger partial charge in [0.1, 0.15) is 17.7 Å². The third kappa shape index (κ3) is 7.33. The molecule has 1 aliphatic heterocycles. The average Bonchev–Trinajstić information content (AvgIpc) is 3.02. The Balaban J connectivity index is 1.95. The number of para-hydroxylation sites is 1. The molecule has 3 aromatic rings. The summed E-state index contributed by atoms with van der Waals surface area (Å²) >= 11 is 0. The molecule has 2 atom stereocenters. The predicted octanol–water partition coefficient (Wildman–Crippen LogP) is 5.57. The highest BCUT2D eigenvalue weighted by atomic mass is 19.4. The van der Waals surface area contributed by atoms with Gasteiger partial charge in [0, 0.05) is 41.9 Å². The van der Waals surface area contributed by atoms with Gasteiger partial charge in [0.05, 0.1) is 17.8 Å². The van der Waals surface area contributed by atoms with Crippen LogP contribution in [0.15, 0.2) is 107 Å². The van der Waals surface area contributed by atoms with Crippen molar-refractivity contribution in [1.29, 1.82) is 0 Å². The molecular formula is C34H33F4N5O3. The second-order valence-corrected chi connectivity index (χ2v) is 10.8. The van der Waals surface area contributed by atoms with Gasteiger partial charge in [0.25, 0.3) is 11.8 Å². The molecular weight excluding hydrogens is 602 g/mol. The van der Waals surface area contributed by atoms with Gasteiger partial charge in [-0.15, -0.1) is 0 Å². The zero-order valence-electron chi connectivity index (χ0n) is 25.4.